The molecule has 2 fully saturated rings. The molecule has 2 amide bonds. The maximum atomic E-state index is 13.4. The third kappa shape index (κ3) is 5.71. The fraction of sp³-hybridized carbons (Fsp3) is 0.458. The third-order valence-corrected chi connectivity index (χ3v) is 8.30. The van der Waals surface area contributed by atoms with Crippen LogP contribution in [0.5, 0.6) is 0 Å². The molecule has 0 radical (unpaired) electrons. The Morgan fingerprint density at radius 3 is 2.21 bits per heavy atom. The summed E-state index contributed by atoms with van der Waals surface area (Å²) in [4.78, 5) is 19.2. The lowest BCUT2D eigenvalue weighted by Crippen LogP contribution is -2.53. The molecule has 2 heterocycles. The molecule has 0 aromatic heterocycles. The van der Waals surface area contributed by atoms with E-state index in [-0.39, 0.29) is 23.8 Å². The number of likely N-dealkylation sites (tertiary alicyclic amines) is 1. The van der Waals surface area contributed by atoms with Gasteiger partial charge in [0.2, 0.25) is 10.0 Å². The summed E-state index contributed by atoms with van der Waals surface area (Å²) in [5.74, 6) is -0.178. The molecule has 2 aliphatic rings. The van der Waals surface area contributed by atoms with Crippen molar-refractivity contribution in [3.63, 3.8) is 0 Å². The summed E-state index contributed by atoms with van der Waals surface area (Å²) in [6.45, 7) is 3.12. The molecule has 7 nitrogen and oxygen atoms in total. The topological polar surface area (TPSA) is 64.2 Å². The van der Waals surface area contributed by atoms with E-state index in [9.17, 15) is 17.6 Å². The Labute approximate surface area is 205 Å². The lowest BCUT2D eigenvalue weighted by molar-refractivity contribution is 0.138. The molecule has 10 heteroatoms. The summed E-state index contributed by atoms with van der Waals surface area (Å²) in [6, 6.07) is 14.2. The van der Waals surface area contributed by atoms with Crippen molar-refractivity contribution in [1.82, 2.24) is 19.0 Å². The third-order valence-electron chi connectivity index (χ3n) is 6.75. The van der Waals surface area contributed by atoms with E-state index in [4.69, 9.17) is 11.6 Å². The molecule has 184 valence electrons. The number of nitrogens with zero attached hydrogens (tertiary/aromatic N) is 4. The molecule has 0 bridgehead atoms. The van der Waals surface area contributed by atoms with Gasteiger partial charge in [-0.1, -0.05) is 35.9 Å². The molecule has 0 saturated carbocycles. The number of amides is 2. The standard InChI is InChI=1S/C24H30ClFN4O3S/c1-27(15-18-3-9-21(26)10-4-18)23-17-29(16-22(23)19-5-7-20(25)8-6-19)24(31)28-11-13-30(14-12-28)34(2,32)33/h3-10,22-23H,11-17H2,1-2H3. The van der Waals surface area contributed by atoms with Crippen molar-refractivity contribution < 1.29 is 17.6 Å². The van der Waals surface area contributed by atoms with Crippen LogP contribution in [0.25, 0.3) is 0 Å². The number of halogens is 2. The van der Waals surface area contributed by atoms with Crippen LogP contribution in [0.15, 0.2) is 48.5 Å². The van der Waals surface area contributed by atoms with E-state index in [0.717, 1.165) is 11.1 Å². The van der Waals surface area contributed by atoms with Gasteiger partial charge >= 0.3 is 6.03 Å². The highest BCUT2D eigenvalue weighted by atomic mass is 35.5. The molecule has 0 spiro atoms. The second kappa shape index (κ2) is 10.2. The van der Waals surface area contributed by atoms with Crippen LogP contribution in [-0.2, 0) is 16.6 Å². The summed E-state index contributed by atoms with van der Waals surface area (Å²) in [5.41, 5.74) is 2.11. The average molecular weight is 509 g/mol. The van der Waals surface area contributed by atoms with Crippen molar-refractivity contribution in [3.05, 3.63) is 70.5 Å². The first-order valence-electron chi connectivity index (χ1n) is 11.3. The maximum Gasteiger partial charge on any atom is 0.320 e. The summed E-state index contributed by atoms with van der Waals surface area (Å²) >= 11 is 6.10. The number of hydrogen-bond acceptors (Lipinski definition) is 4. The molecule has 2 atom stereocenters. The summed E-state index contributed by atoms with van der Waals surface area (Å²) in [7, 11) is -1.23. The Kier molecular flexibility index (Phi) is 7.47. The van der Waals surface area contributed by atoms with Crippen LogP contribution < -0.4 is 0 Å². The van der Waals surface area contributed by atoms with Crippen molar-refractivity contribution in [1.29, 1.82) is 0 Å². The number of sulfonamides is 1. The maximum absolute atomic E-state index is 13.4. The minimum Gasteiger partial charge on any atom is -0.322 e. The minimum atomic E-state index is -3.25. The molecule has 2 unspecified atom stereocenters. The molecular weight excluding hydrogens is 479 g/mol. The van der Waals surface area contributed by atoms with E-state index >= 15 is 0 Å². The lowest BCUT2D eigenvalue weighted by Gasteiger charge is -2.35. The zero-order chi connectivity index (χ0) is 24.5. The zero-order valence-corrected chi connectivity index (χ0v) is 21.0. The Hall–Kier alpha value is -2.20. The zero-order valence-electron chi connectivity index (χ0n) is 19.4. The van der Waals surface area contributed by atoms with Crippen LogP contribution in [0.3, 0.4) is 0 Å². The molecule has 0 aliphatic carbocycles. The van der Waals surface area contributed by atoms with Gasteiger partial charge in [-0.3, -0.25) is 4.90 Å². The van der Waals surface area contributed by atoms with Gasteiger partial charge in [0, 0.05) is 62.8 Å². The molecule has 2 aromatic carbocycles. The van der Waals surface area contributed by atoms with Gasteiger partial charge in [0.25, 0.3) is 0 Å². The van der Waals surface area contributed by atoms with Gasteiger partial charge in [-0.2, -0.15) is 4.31 Å². The minimum absolute atomic E-state index is 0.0625. The van der Waals surface area contributed by atoms with Crippen molar-refractivity contribution in [3.8, 4) is 0 Å². The van der Waals surface area contributed by atoms with Gasteiger partial charge in [0.1, 0.15) is 5.82 Å². The van der Waals surface area contributed by atoms with Gasteiger partial charge in [0.05, 0.1) is 6.26 Å². The van der Waals surface area contributed by atoms with E-state index in [0.29, 0.717) is 50.8 Å². The second-order valence-corrected chi connectivity index (χ2v) is 11.5. The van der Waals surface area contributed by atoms with E-state index in [1.807, 2.05) is 36.2 Å². The van der Waals surface area contributed by atoms with Crippen LogP contribution in [0.2, 0.25) is 5.02 Å². The van der Waals surface area contributed by atoms with Crippen molar-refractivity contribution >= 4 is 27.7 Å². The largest absolute Gasteiger partial charge is 0.322 e. The summed E-state index contributed by atoms with van der Waals surface area (Å²) < 4.78 is 38.4. The highest BCUT2D eigenvalue weighted by molar-refractivity contribution is 7.88. The molecule has 2 saturated heterocycles. The Morgan fingerprint density at radius 1 is 1.00 bits per heavy atom. The highest BCUT2D eigenvalue weighted by Gasteiger charge is 2.40. The van der Waals surface area contributed by atoms with Crippen LogP contribution in [-0.4, -0.2) is 92.1 Å². The lowest BCUT2D eigenvalue weighted by atomic mass is 9.93. The first-order valence-corrected chi connectivity index (χ1v) is 13.5. The van der Waals surface area contributed by atoms with E-state index < -0.39 is 10.0 Å². The first-order chi connectivity index (χ1) is 16.1. The van der Waals surface area contributed by atoms with Gasteiger partial charge in [-0.15, -0.1) is 0 Å². The molecule has 2 aliphatic heterocycles. The van der Waals surface area contributed by atoms with E-state index in [1.165, 1.54) is 22.7 Å². The molecule has 34 heavy (non-hydrogen) atoms. The fourth-order valence-electron chi connectivity index (χ4n) is 4.83. The van der Waals surface area contributed by atoms with Crippen LogP contribution in [0.4, 0.5) is 9.18 Å². The van der Waals surface area contributed by atoms with E-state index in [2.05, 4.69) is 4.90 Å². The Balaban J connectivity index is 1.49. The average Bonchev–Trinajstić information content (AvgIpc) is 3.26. The molecule has 0 N–H and O–H groups in total. The monoisotopic (exact) mass is 508 g/mol. The SMILES string of the molecule is CN(Cc1ccc(F)cc1)C1CN(C(=O)N2CCN(S(C)(=O)=O)CC2)CC1c1ccc(Cl)cc1. The predicted octanol–water partition coefficient (Wildman–Crippen LogP) is 3.08. The fourth-order valence-corrected chi connectivity index (χ4v) is 5.79. The predicted molar refractivity (Wildman–Crippen MR) is 131 cm³/mol. The number of hydrogen-bond donors (Lipinski definition) is 0. The second-order valence-electron chi connectivity index (χ2n) is 9.10. The number of benzene rings is 2. The number of carbonyl (C=O) groups is 1. The van der Waals surface area contributed by atoms with Crippen molar-refractivity contribution in [2.45, 2.75) is 18.5 Å². The number of likely N-dealkylation sites (N-methyl/N-ethyl adjacent to an activating group) is 1. The number of carbonyl (C=O) groups excluding carboxylic acids is 1. The smallest absolute Gasteiger partial charge is 0.320 e. The van der Waals surface area contributed by atoms with Crippen molar-refractivity contribution in [2.75, 3.05) is 52.6 Å². The van der Waals surface area contributed by atoms with Crippen molar-refractivity contribution in [2.24, 2.45) is 0 Å². The number of piperazine rings is 1. The number of urea groups is 1. The van der Waals surface area contributed by atoms with Gasteiger partial charge in [0.15, 0.2) is 0 Å². The Morgan fingerprint density at radius 2 is 1.62 bits per heavy atom. The first kappa shape index (κ1) is 24.9. The Bertz CT molecular complexity index is 1110. The number of rotatable bonds is 5. The van der Waals surface area contributed by atoms with Gasteiger partial charge in [-0.25, -0.2) is 17.6 Å². The van der Waals surface area contributed by atoms with Gasteiger partial charge < -0.3 is 9.80 Å². The molecule has 4 rings (SSSR count). The van der Waals surface area contributed by atoms with Crippen LogP contribution in [0.1, 0.15) is 17.0 Å². The normalized spacial score (nSPS) is 21.9. The molecular formula is C24H30ClFN4O3S. The van der Waals surface area contributed by atoms with E-state index in [1.54, 1.807) is 17.0 Å². The quantitative estimate of drug-likeness (QED) is 0.622. The highest BCUT2D eigenvalue weighted by Crippen LogP contribution is 2.33. The van der Waals surface area contributed by atoms with Crippen LogP contribution >= 0.6 is 11.6 Å². The van der Waals surface area contributed by atoms with Crippen LogP contribution in [0, 0.1) is 5.82 Å². The summed E-state index contributed by atoms with van der Waals surface area (Å²) in [6.07, 6.45) is 1.20. The van der Waals surface area contributed by atoms with Gasteiger partial charge in [-0.05, 0) is 42.4 Å². The molecule has 2 aromatic rings. The summed E-state index contributed by atoms with van der Waals surface area (Å²) in [5, 5.41) is 0.662.